The molecule has 0 aromatic carbocycles. The van der Waals surface area contributed by atoms with Gasteiger partial charge in [0.1, 0.15) is 0 Å². The van der Waals surface area contributed by atoms with E-state index in [2.05, 4.69) is 23.7 Å². The molecule has 74 valence electrons. The van der Waals surface area contributed by atoms with E-state index in [1.54, 1.807) is 0 Å². The van der Waals surface area contributed by atoms with Crippen LogP contribution in [0.3, 0.4) is 0 Å². The van der Waals surface area contributed by atoms with Crippen molar-refractivity contribution in [3.05, 3.63) is 12.2 Å². The molecule has 0 spiro atoms. The fourth-order valence-corrected chi connectivity index (χ4v) is 2.55. The van der Waals surface area contributed by atoms with Gasteiger partial charge in [0.05, 0.1) is 0 Å². The monoisotopic (exact) mass is 296 g/mol. The van der Waals surface area contributed by atoms with E-state index in [0.29, 0.717) is 0 Å². The molecular formula is C9H16Cl2Ru. The van der Waals surface area contributed by atoms with E-state index in [0.717, 1.165) is 6.42 Å². The Morgan fingerprint density at radius 1 is 1.08 bits per heavy atom. The summed E-state index contributed by atoms with van der Waals surface area (Å²) in [6.07, 6.45) is 10.4. The van der Waals surface area contributed by atoms with Gasteiger partial charge in [0.2, 0.25) is 0 Å². The van der Waals surface area contributed by atoms with Crippen LogP contribution in [-0.4, -0.2) is 4.61 Å². The summed E-state index contributed by atoms with van der Waals surface area (Å²) in [5.74, 6) is 0. The van der Waals surface area contributed by atoms with Crippen molar-refractivity contribution < 1.29 is 13.5 Å². The van der Waals surface area contributed by atoms with Crippen molar-refractivity contribution in [2.24, 2.45) is 0 Å². The summed E-state index contributed by atoms with van der Waals surface area (Å²) >= 11 is -1.47. The second kappa shape index (κ2) is 9.90. The predicted octanol–water partition coefficient (Wildman–Crippen LogP) is 4.24. The molecule has 3 heteroatoms. The second-order valence-electron chi connectivity index (χ2n) is 2.56. The fraction of sp³-hybridized carbons (Fsp3) is 0.667. The van der Waals surface area contributed by atoms with Gasteiger partial charge in [-0.15, -0.1) is 0 Å². The molecule has 0 aliphatic rings. The summed E-state index contributed by atoms with van der Waals surface area (Å²) in [6.45, 7) is 2.06. The Hall–Kier alpha value is 0.813. The number of halogens is 2. The molecule has 0 heterocycles. The summed E-state index contributed by atoms with van der Waals surface area (Å²) in [5, 5.41) is 0. The Labute approximate surface area is 88.5 Å². The zero-order valence-corrected chi connectivity index (χ0v) is 10.6. The Balaban J connectivity index is 3.06. The molecule has 0 radical (unpaired) electrons. The topological polar surface area (TPSA) is 0 Å². The van der Waals surface area contributed by atoms with Crippen molar-refractivity contribution in [3.63, 3.8) is 0 Å². The van der Waals surface area contributed by atoms with Crippen molar-refractivity contribution in [1.29, 1.82) is 0 Å². The van der Waals surface area contributed by atoms with Crippen molar-refractivity contribution in [2.75, 3.05) is 0 Å². The second-order valence-corrected chi connectivity index (χ2v) is 8.49. The third kappa shape index (κ3) is 10.8. The minimum absolute atomic E-state index is 1.10. The first kappa shape index (κ1) is 12.8. The molecule has 0 fully saturated rings. The van der Waals surface area contributed by atoms with Crippen LogP contribution in [0.2, 0.25) is 0 Å². The standard InChI is InChI=1S/C9H16.2ClH.Ru/c1-3-5-7-9-8-6-4-2;;;/h1,4,6H,3,5,7-9H2,2H3;2*1H;/q;;;+2/p-2. The molecule has 0 aliphatic heterocycles. The van der Waals surface area contributed by atoms with Crippen LogP contribution in [0.25, 0.3) is 0 Å². The molecule has 0 aromatic rings. The molecule has 12 heavy (non-hydrogen) atoms. The van der Waals surface area contributed by atoms with E-state index in [1.165, 1.54) is 25.7 Å². The maximum atomic E-state index is 5.68. The number of hydrogen-bond acceptors (Lipinski definition) is 0. The van der Waals surface area contributed by atoms with Crippen molar-refractivity contribution >= 4 is 24.0 Å². The Morgan fingerprint density at radius 2 is 1.75 bits per heavy atom. The van der Waals surface area contributed by atoms with Gasteiger partial charge in [-0.05, 0) is 0 Å². The van der Waals surface area contributed by atoms with Gasteiger partial charge in [-0.25, -0.2) is 0 Å². The van der Waals surface area contributed by atoms with Crippen molar-refractivity contribution in [1.82, 2.24) is 0 Å². The summed E-state index contributed by atoms with van der Waals surface area (Å²) in [4.78, 5) is 0. The Bertz CT molecular complexity index is 149. The first-order valence-corrected chi connectivity index (χ1v) is 9.68. The molecule has 0 aromatic heterocycles. The minimum atomic E-state index is -1.47. The third-order valence-electron chi connectivity index (χ3n) is 1.52. The van der Waals surface area contributed by atoms with Crippen LogP contribution in [0.1, 0.15) is 39.0 Å². The van der Waals surface area contributed by atoms with Crippen LogP contribution in [0, 0.1) is 0 Å². The zero-order chi connectivity index (χ0) is 9.23. The molecule has 0 aliphatic carbocycles. The fourth-order valence-electron chi connectivity index (χ4n) is 0.899. The molecule has 0 bridgehead atoms. The van der Waals surface area contributed by atoms with Crippen LogP contribution >= 0.6 is 19.4 Å². The molecule has 0 saturated carbocycles. The number of rotatable bonds is 6. The molecule has 0 atom stereocenters. The molecule has 0 amide bonds. The van der Waals surface area contributed by atoms with E-state index >= 15 is 0 Å². The SMILES string of the molecule is CC=CCCCCC[CH]=[Ru]([Cl])[Cl]. The molecule has 0 unspecified atom stereocenters. The van der Waals surface area contributed by atoms with Gasteiger partial charge < -0.3 is 0 Å². The van der Waals surface area contributed by atoms with Gasteiger partial charge in [-0.1, -0.05) is 0 Å². The van der Waals surface area contributed by atoms with Gasteiger partial charge in [0.15, 0.2) is 0 Å². The molecule has 0 nitrogen and oxygen atoms in total. The van der Waals surface area contributed by atoms with Gasteiger partial charge in [0, 0.05) is 0 Å². The van der Waals surface area contributed by atoms with Crippen molar-refractivity contribution in [2.45, 2.75) is 39.0 Å². The molecular weight excluding hydrogens is 280 g/mol. The van der Waals surface area contributed by atoms with Crippen molar-refractivity contribution in [3.8, 4) is 0 Å². The van der Waals surface area contributed by atoms with Gasteiger partial charge >= 0.3 is 88.7 Å². The van der Waals surface area contributed by atoms with E-state index in [9.17, 15) is 0 Å². The summed E-state index contributed by atoms with van der Waals surface area (Å²) in [5.41, 5.74) is 0. The van der Waals surface area contributed by atoms with E-state index in [-0.39, 0.29) is 0 Å². The van der Waals surface area contributed by atoms with E-state index < -0.39 is 13.5 Å². The van der Waals surface area contributed by atoms with Gasteiger partial charge in [0.25, 0.3) is 0 Å². The van der Waals surface area contributed by atoms with E-state index in [1.807, 2.05) is 0 Å². The van der Waals surface area contributed by atoms with Crippen LogP contribution in [0.15, 0.2) is 12.2 Å². The average molecular weight is 296 g/mol. The van der Waals surface area contributed by atoms with E-state index in [4.69, 9.17) is 19.4 Å². The number of allylic oxidation sites excluding steroid dienone is 2. The summed E-state index contributed by atoms with van der Waals surface area (Å²) in [7, 11) is 11.4. The summed E-state index contributed by atoms with van der Waals surface area (Å²) in [6, 6.07) is 0. The molecule has 0 rings (SSSR count). The average Bonchev–Trinajstić information content (AvgIpc) is 2.02. The third-order valence-corrected chi connectivity index (χ3v) is 3.85. The number of unbranched alkanes of at least 4 members (excludes halogenated alkanes) is 4. The normalized spacial score (nSPS) is 12.1. The van der Waals surface area contributed by atoms with Crippen LogP contribution in [0.4, 0.5) is 0 Å². The van der Waals surface area contributed by atoms with Gasteiger partial charge in [-0.2, -0.15) is 0 Å². The predicted molar refractivity (Wildman–Crippen MR) is 55.7 cm³/mol. The number of hydrogen-bond donors (Lipinski definition) is 0. The van der Waals surface area contributed by atoms with Crippen LogP contribution in [0.5, 0.6) is 0 Å². The zero-order valence-electron chi connectivity index (χ0n) is 7.38. The molecule has 0 N–H and O–H groups in total. The summed E-state index contributed by atoms with van der Waals surface area (Å²) < 4.78 is 2.09. The first-order valence-electron chi connectivity index (χ1n) is 4.20. The van der Waals surface area contributed by atoms with Gasteiger partial charge in [-0.3, -0.25) is 0 Å². The molecule has 0 saturated heterocycles. The van der Waals surface area contributed by atoms with Crippen LogP contribution < -0.4 is 0 Å². The quantitative estimate of drug-likeness (QED) is 0.391. The maximum absolute atomic E-state index is 5.68. The Kier molecular flexibility index (Phi) is 10.6. The Morgan fingerprint density at radius 3 is 2.33 bits per heavy atom. The van der Waals surface area contributed by atoms with Crippen LogP contribution in [-0.2, 0) is 13.5 Å². The first-order chi connectivity index (χ1) is 5.77.